The lowest BCUT2D eigenvalue weighted by Gasteiger charge is -2.20. The summed E-state index contributed by atoms with van der Waals surface area (Å²) >= 11 is 0. The first-order chi connectivity index (χ1) is 9.74. The highest BCUT2D eigenvalue weighted by molar-refractivity contribution is 5.63. The van der Waals surface area contributed by atoms with Crippen molar-refractivity contribution in [2.45, 2.75) is 39.2 Å². The first-order valence-corrected chi connectivity index (χ1v) is 7.05. The number of nitrogens with zero attached hydrogens (tertiary/aromatic N) is 2. The number of hydrogen-bond donors (Lipinski definition) is 1. The molecule has 0 unspecified atom stereocenters. The van der Waals surface area contributed by atoms with Crippen LogP contribution in [-0.2, 0) is 13.0 Å². The molecule has 0 atom stereocenters. The standard InChI is InChI=1S/C15H19N3O2/c1-10(2)15-17-13(20-18-15)9-19-12-7-3-5-11-6-4-8-16-14(11)12/h3,5,7,10,16H,4,6,8-9H2,1-2H3. The lowest BCUT2D eigenvalue weighted by atomic mass is 10.0. The van der Waals surface area contributed by atoms with Gasteiger partial charge in [0.15, 0.2) is 12.4 Å². The maximum atomic E-state index is 5.82. The zero-order valence-corrected chi connectivity index (χ0v) is 11.8. The Bertz CT molecular complexity index is 593. The van der Waals surface area contributed by atoms with Gasteiger partial charge in [-0.15, -0.1) is 0 Å². The van der Waals surface area contributed by atoms with Gasteiger partial charge in [-0.1, -0.05) is 31.1 Å². The summed E-state index contributed by atoms with van der Waals surface area (Å²) < 4.78 is 11.0. The maximum absolute atomic E-state index is 5.82. The summed E-state index contributed by atoms with van der Waals surface area (Å²) in [6.07, 6.45) is 2.26. The van der Waals surface area contributed by atoms with Crippen LogP contribution >= 0.6 is 0 Å². The van der Waals surface area contributed by atoms with E-state index in [1.165, 1.54) is 5.56 Å². The lowest BCUT2D eigenvalue weighted by Crippen LogP contribution is -2.13. The van der Waals surface area contributed by atoms with Crippen LogP contribution in [0.1, 0.15) is 43.5 Å². The average molecular weight is 273 g/mol. The number of hydrogen-bond acceptors (Lipinski definition) is 5. The molecular formula is C15H19N3O2. The Labute approximate surface area is 118 Å². The summed E-state index contributed by atoms with van der Waals surface area (Å²) in [5.41, 5.74) is 2.41. The molecule has 1 aliphatic rings. The predicted octanol–water partition coefficient (Wildman–Crippen LogP) is 3.13. The second-order valence-corrected chi connectivity index (χ2v) is 5.31. The highest BCUT2D eigenvalue weighted by Gasteiger charge is 2.15. The van der Waals surface area contributed by atoms with Crippen LogP contribution in [0.2, 0.25) is 0 Å². The van der Waals surface area contributed by atoms with E-state index in [4.69, 9.17) is 9.26 Å². The van der Waals surface area contributed by atoms with E-state index in [1.807, 2.05) is 26.0 Å². The minimum Gasteiger partial charge on any atom is -0.482 e. The van der Waals surface area contributed by atoms with Crippen LogP contribution in [0.25, 0.3) is 0 Å². The van der Waals surface area contributed by atoms with E-state index in [0.717, 1.165) is 36.6 Å². The van der Waals surface area contributed by atoms with Crippen LogP contribution in [-0.4, -0.2) is 16.7 Å². The molecule has 0 amide bonds. The van der Waals surface area contributed by atoms with E-state index < -0.39 is 0 Å². The van der Waals surface area contributed by atoms with E-state index in [-0.39, 0.29) is 5.92 Å². The largest absolute Gasteiger partial charge is 0.482 e. The van der Waals surface area contributed by atoms with Crippen LogP contribution in [0.4, 0.5) is 5.69 Å². The molecular weight excluding hydrogens is 254 g/mol. The molecule has 0 bridgehead atoms. The van der Waals surface area contributed by atoms with Gasteiger partial charge in [-0.2, -0.15) is 4.98 Å². The number of rotatable bonds is 4. The summed E-state index contributed by atoms with van der Waals surface area (Å²) in [4.78, 5) is 4.31. The third kappa shape index (κ3) is 2.61. The topological polar surface area (TPSA) is 60.2 Å². The molecule has 1 N–H and O–H groups in total. The van der Waals surface area contributed by atoms with Crippen LogP contribution in [0.5, 0.6) is 5.75 Å². The van der Waals surface area contributed by atoms with E-state index in [2.05, 4.69) is 21.5 Å². The van der Waals surface area contributed by atoms with Gasteiger partial charge in [0.1, 0.15) is 5.75 Å². The predicted molar refractivity (Wildman–Crippen MR) is 76.0 cm³/mol. The van der Waals surface area contributed by atoms with Crippen molar-refractivity contribution in [1.29, 1.82) is 0 Å². The molecule has 5 heteroatoms. The zero-order chi connectivity index (χ0) is 13.9. The molecule has 20 heavy (non-hydrogen) atoms. The molecule has 0 saturated heterocycles. The molecule has 1 aromatic carbocycles. The fourth-order valence-electron chi connectivity index (χ4n) is 2.30. The third-order valence-electron chi connectivity index (χ3n) is 3.39. The van der Waals surface area contributed by atoms with Crippen molar-refractivity contribution < 1.29 is 9.26 Å². The first-order valence-electron chi connectivity index (χ1n) is 7.05. The molecule has 0 aliphatic carbocycles. The number of anilines is 1. The highest BCUT2D eigenvalue weighted by atomic mass is 16.5. The average Bonchev–Trinajstić information content (AvgIpc) is 2.94. The second-order valence-electron chi connectivity index (χ2n) is 5.31. The number of fused-ring (bicyclic) bond motifs is 1. The van der Waals surface area contributed by atoms with Gasteiger partial charge in [-0.05, 0) is 24.5 Å². The molecule has 0 radical (unpaired) electrons. The Hall–Kier alpha value is -2.04. The second kappa shape index (κ2) is 5.53. The highest BCUT2D eigenvalue weighted by Crippen LogP contribution is 2.32. The first kappa shape index (κ1) is 13.0. The molecule has 0 saturated carbocycles. The van der Waals surface area contributed by atoms with Crippen molar-refractivity contribution in [3.63, 3.8) is 0 Å². The van der Waals surface area contributed by atoms with Crippen LogP contribution in [0.3, 0.4) is 0 Å². The van der Waals surface area contributed by atoms with Gasteiger partial charge in [-0.25, -0.2) is 0 Å². The molecule has 2 heterocycles. The minimum atomic E-state index is 0.263. The fraction of sp³-hybridized carbons (Fsp3) is 0.467. The number of nitrogens with one attached hydrogen (secondary N) is 1. The summed E-state index contributed by atoms with van der Waals surface area (Å²) in [6, 6.07) is 6.13. The molecule has 2 aromatic rings. The van der Waals surface area contributed by atoms with Gasteiger partial charge in [0, 0.05) is 12.5 Å². The van der Waals surface area contributed by atoms with Crippen LogP contribution < -0.4 is 10.1 Å². The van der Waals surface area contributed by atoms with E-state index in [9.17, 15) is 0 Å². The fourth-order valence-corrected chi connectivity index (χ4v) is 2.30. The number of aromatic nitrogens is 2. The Kier molecular flexibility index (Phi) is 3.58. The number of ether oxygens (including phenoxy) is 1. The summed E-state index contributed by atoms with van der Waals surface area (Å²) in [7, 11) is 0. The third-order valence-corrected chi connectivity index (χ3v) is 3.39. The van der Waals surface area contributed by atoms with E-state index in [1.54, 1.807) is 0 Å². The number of aryl methyl sites for hydroxylation is 1. The molecule has 0 fully saturated rings. The van der Waals surface area contributed by atoms with Crippen molar-refractivity contribution >= 4 is 5.69 Å². The SMILES string of the molecule is CC(C)c1noc(COc2cccc3c2NCCC3)n1. The molecule has 0 spiro atoms. The monoisotopic (exact) mass is 273 g/mol. The van der Waals surface area contributed by atoms with Gasteiger partial charge in [-0.3, -0.25) is 0 Å². The zero-order valence-electron chi connectivity index (χ0n) is 11.8. The van der Waals surface area contributed by atoms with Crippen molar-refractivity contribution in [2.24, 2.45) is 0 Å². The molecule has 5 nitrogen and oxygen atoms in total. The Morgan fingerprint density at radius 2 is 2.30 bits per heavy atom. The van der Waals surface area contributed by atoms with Gasteiger partial charge in [0.25, 0.3) is 5.89 Å². The minimum absolute atomic E-state index is 0.263. The molecule has 1 aromatic heterocycles. The summed E-state index contributed by atoms with van der Waals surface area (Å²) in [5.74, 6) is 2.35. The van der Waals surface area contributed by atoms with Gasteiger partial charge in [0.2, 0.25) is 0 Å². The van der Waals surface area contributed by atoms with E-state index in [0.29, 0.717) is 12.5 Å². The Morgan fingerprint density at radius 1 is 1.40 bits per heavy atom. The van der Waals surface area contributed by atoms with Gasteiger partial charge in [0.05, 0.1) is 5.69 Å². The van der Waals surface area contributed by atoms with Crippen molar-refractivity contribution in [1.82, 2.24) is 10.1 Å². The Morgan fingerprint density at radius 3 is 3.10 bits per heavy atom. The van der Waals surface area contributed by atoms with Crippen LogP contribution in [0.15, 0.2) is 22.7 Å². The Balaban J connectivity index is 1.71. The summed E-state index contributed by atoms with van der Waals surface area (Å²) in [6.45, 7) is 5.36. The normalized spacial score (nSPS) is 13.9. The molecule has 106 valence electrons. The van der Waals surface area contributed by atoms with E-state index >= 15 is 0 Å². The van der Waals surface area contributed by atoms with Crippen molar-refractivity contribution in [3.8, 4) is 5.75 Å². The van der Waals surface area contributed by atoms with Crippen LogP contribution in [0, 0.1) is 0 Å². The quantitative estimate of drug-likeness (QED) is 0.927. The van der Waals surface area contributed by atoms with Crippen molar-refractivity contribution in [3.05, 3.63) is 35.5 Å². The number of benzene rings is 1. The molecule has 1 aliphatic heterocycles. The maximum Gasteiger partial charge on any atom is 0.264 e. The molecule has 3 rings (SSSR count). The van der Waals surface area contributed by atoms with Gasteiger partial charge < -0.3 is 14.6 Å². The lowest BCUT2D eigenvalue weighted by molar-refractivity contribution is 0.243. The summed E-state index contributed by atoms with van der Waals surface area (Å²) in [5, 5.41) is 7.33. The van der Waals surface area contributed by atoms with Gasteiger partial charge >= 0.3 is 0 Å². The van der Waals surface area contributed by atoms with Crippen molar-refractivity contribution in [2.75, 3.05) is 11.9 Å². The number of para-hydroxylation sites is 1. The smallest absolute Gasteiger partial charge is 0.264 e.